The zero-order chi connectivity index (χ0) is 16.6. The van der Waals surface area contributed by atoms with Crippen LogP contribution in [-0.2, 0) is 4.74 Å². The van der Waals surface area contributed by atoms with Gasteiger partial charge in [-0.1, -0.05) is 0 Å². The van der Waals surface area contributed by atoms with Crippen molar-refractivity contribution in [2.24, 2.45) is 0 Å². The average molecular weight is 381 g/mol. The summed E-state index contributed by atoms with van der Waals surface area (Å²) in [6.45, 7) is 7.03. The summed E-state index contributed by atoms with van der Waals surface area (Å²) in [7, 11) is 0. The number of hydrogen-bond donors (Lipinski definition) is 0. The highest BCUT2D eigenvalue weighted by molar-refractivity contribution is 9.10. The van der Waals surface area contributed by atoms with E-state index in [1.54, 1.807) is 4.90 Å². The second kappa shape index (κ2) is 6.11. The van der Waals surface area contributed by atoms with Gasteiger partial charge in [-0.3, -0.25) is 4.40 Å². The minimum absolute atomic E-state index is 0.232. The number of aromatic nitrogens is 3. The number of rotatable bonds is 1. The molecule has 1 aliphatic rings. The monoisotopic (exact) mass is 380 g/mol. The Morgan fingerprint density at radius 1 is 1.26 bits per heavy atom. The van der Waals surface area contributed by atoms with Crippen LogP contribution in [0.5, 0.6) is 0 Å². The molecule has 23 heavy (non-hydrogen) atoms. The summed E-state index contributed by atoms with van der Waals surface area (Å²) in [6, 6.07) is 3.90. The molecule has 0 aromatic carbocycles. The van der Waals surface area contributed by atoms with Gasteiger partial charge in [0.25, 0.3) is 0 Å². The summed E-state index contributed by atoms with van der Waals surface area (Å²) in [5.74, 6) is 1.27. The van der Waals surface area contributed by atoms with E-state index in [1.165, 1.54) is 0 Å². The molecule has 0 bridgehead atoms. The Bertz CT molecular complexity index is 714. The molecule has 0 aliphatic carbocycles. The van der Waals surface area contributed by atoms with Crippen molar-refractivity contribution >= 4 is 27.7 Å². The Balaban J connectivity index is 1.69. The standard InChI is InChI=1S/C16H21BrN4O2/c1-16(2,3)23-15(22)20-8-6-11(7-9-20)14-19-18-13-5-4-12(17)10-21(13)14/h4-5,10-11H,6-9H2,1-3H3. The van der Waals surface area contributed by atoms with E-state index in [0.29, 0.717) is 19.0 Å². The van der Waals surface area contributed by atoms with E-state index in [9.17, 15) is 4.79 Å². The van der Waals surface area contributed by atoms with Gasteiger partial charge in [-0.25, -0.2) is 4.79 Å². The molecule has 1 aliphatic heterocycles. The van der Waals surface area contributed by atoms with Crippen molar-refractivity contribution in [2.75, 3.05) is 13.1 Å². The van der Waals surface area contributed by atoms with E-state index in [0.717, 1.165) is 28.8 Å². The van der Waals surface area contributed by atoms with Crippen molar-refractivity contribution in [1.82, 2.24) is 19.5 Å². The summed E-state index contributed by atoms with van der Waals surface area (Å²) >= 11 is 3.49. The molecular formula is C16H21BrN4O2. The van der Waals surface area contributed by atoms with Crippen LogP contribution in [0.15, 0.2) is 22.8 Å². The van der Waals surface area contributed by atoms with E-state index >= 15 is 0 Å². The fourth-order valence-electron chi connectivity index (χ4n) is 2.81. The molecule has 3 heterocycles. The molecule has 3 rings (SSSR count). The average Bonchev–Trinajstić information content (AvgIpc) is 2.88. The lowest BCUT2D eigenvalue weighted by atomic mass is 9.96. The first-order chi connectivity index (χ1) is 10.8. The normalized spacial score (nSPS) is 16.8. The van der Waals surface area contributed by atoms with Gasteiger partial charge in [0.2, 0.25) is 0 Å². The summed E-state index contributed by atoms with van der Waals surface area (Å²) in [5.41, 5.74) is 0.390. The lowest BCUT2D eigenvalue weighted by Gasteiger charge is -2.32. The summed E-state index contributed by atoms with van der Waals surface area (Å²) in [5, 5.41) is 8.57. The molecule has 0 spiro atoms. The van der Waals surface area contributed by atoms with Gasteiger partial charge in [0.1, 0.15) is 11.4 Å². The highest BCUT2D eigenvalue weighted by Crippen LogP contribution is 2.28. The maximum absolute atomic E-state index is 12.1. The Morgan fingerprint density at radius 3 is 2.61 bits per heavy atom. The predicted molar refractivity (Wildman–Crippen MR) is 90.5 cm³/mol. The Labute approximate surface area is 144 Å². The SMILES string of the molecule is CC(C)(C)OC(=O)N1CCC(c2nnc3ccc(Br)cn23)CC1. The zero-order valence-corrected chi connectivity index (χ0v) is 15.2. The third-order valence-electron chi connectivity index (χ3n) is 3.90. The van der Waals surface area contributed by atoms with Crippen molar-refractivity contribution < 1.29 is 9.53 Å². The van der Waals surface area contributed by atoms with Gasteiger partial charge in [-0.2, -0.15) is 0 Å². The van der Waals surface area contributed by atoms with Gasteiger partial charge in [0, 0.05) is 29.7 Å². The first-order valence-corrected chi connectivity index (χ1v) is 8.61. The molecule has 0 radical (unpaired) electrons. The minimum Gasteiger partial charge on any atom is -0.444 e. The second-order valence-electron chi connectivity index (χ2n) is 6.88. The number of carbonyl (C=O) groups is 1. The Morgan fingerprint density at radius 2 is 1.96 bits per heavy atom. The highest BCUT2D eigenvalue weighted by Gasteiger charge is 2.29. The fourth-order valence-corrected chi connectivity index (χ4v) is 3.14. The van der Waals surface area contributed by atoms with E-state index in [2.05, 4.69) is 26.1 Å². The van der Waals surface area contributed by atoms with Gasteiger partial charge in [-0.05, 0) is 61.7 Å². The molecule has 1 amide bonds. The molecule has 1 fully saturated rings. The molecule has 0 atom stereocenters. The molecule has 2 aromatic rings. The molecule has 0 N–H and O–H groups in total. The summed E-state index contributed by atoms with van der Waals surface area (Å²) in [4.78, 5) is 13.9. The van der Waals surface area contributed by atoms with Crippen LogP contribution in [0.25, 0.3) is 5.65 Å². The number of ether oxygens (including phenoxy) is 1. The van der Waals surface area contributed by atoms with E-state index in [1.807, 2.05) is 43.5 Å². The molecular weight excluding hydrogens is 360 g/mol. The van der Waals surface area contributed by atoms with Crippen LogP contribution in [0.1, 0.15) is 45.4 Å². The Hall–Kier alpha value is -1.63. The van der Waals surface area contributed by atoms with Crippen LogP contribution >= 0.6 is 15.9 Å². The van der Waals surface area contributed by atoms with Crippen LogP contribution in [0, 0.1) is 0 Å². The number of amides is 1. The predicted octanol–water partition coefficient (Wildman–Crippen LogP) is 3.61. The number of piperidine rings is 1. The Kier molecular flexibility index (Phi) is 4.31. The molecule has 1 saturated heterocycles. The third-order valence-corrected chi connectivity index (χ3v) is 4.37. The first kappa shape index (κ1) is 16.2. The maximum atomic E-state index is 12.1. The smallest absolute Gasteiger partial charge is 0.410 e. The van der Waals surface area contributed by atoms with E-state index < -0.39 is 5.60 Å². The molecule has 7 heteroatoms. The molecule has 124 valence electrons. The molecule has 6 nitrogen and oxygen atoms in total. The van der Waals surface area contributed by atoms with Crippen molar-refractivity contribution in [3.05, 3.63) is 28.6 Å². The number of halogens is 1. The maximum Gasteiger partial charge on any atom is 0.410 e. The van der Waals surface area contributed by atoms with Crippen LogP contribution < -0.4 is 0 Å². The molecule has 0 saturated carbocycles. The van der Waals surface area contributed by atoms with Gasteiger partial charge in [0.05, 0.1) is 0 Å². The number of pyridine rings is 1. The summed E-state index contributed by atoms with van der Waals surface area (Å²) in [6.07, 6.45) is 3.49. The third kappa shape index (κ3) is 3.65. The van der Waals surface area contributed by atoms with Gasteiger partial charge in [-0.15, -0.1) is 10.2 Å². The van der Waals surface area contributed by atoms with Gasteiger partial charge in [0.15, 0.2) is 5.65 Å². The molecule has 0 unspecified atom stereocenters. The molecule has 2 aromatic heterocycles. The number of hydrogen-bond acceptors (Lipinski definition) is 4. The second-order valence-corrected chi connectivity index (χ2v) is 7.79. The van der Waals surface area contributed by atoms with Crippen LogP contribution in [0.2, 0.25) is 0 Å². The topological polar surface area (TPSA) is 59.7 Å². The van der Waals surface area contributed by atoms with Crippen molar-refractivity contribution in [3.8, 4) is 0 Å². The van der Waals surface area contributed by atoms with E-state index in [4.69, 9.17) is 4.74 Å². The summed E-state index contributed by atoms with van der Waals surface area (Å²) < 4.78 is 8.46. The van der Waals surface area contributed by atoms with E-state index in [-0.39, 0.29) is 6.09 Å². The number of nitrogens with zero attached hydrogens (tertiary/aromatic N) is 4. The van der Waals surface area contributed by atoms with Crippen molar-refractivity contribution in [1.29, 1.82) is 0 Å². The lowest BCUT2D eigenvalue weighted by Crippen LogP contribution is -2.41. The fraction of sp³-hybridized carbons (Fsp3) is 0.562. The number of carbonyl (C=O) groups excluding carboxylic acids is 1. The highest BCUT2D eigenvalue weighted by atomic mass is 79.9. The van der Waals surface area contributed by atoms with Crippen molar-refractivity contribution in [3.63, 3.8) is 0 Å². The van der Waals surface area contributed by atoms with Crippen LogP contribution in [0.3, 0.4) is 0 Å². The van der Waals surface area contributed by atoms with Crippen LogP contribution in [-0.4, -0.2) is 44.3 Å². The largest absolute Gasteiger partial charge is 0.444 e. The number of likely N-dealkylation sites (tertiary alicyclic amines) is 1. The van der Waals surface area contributed by atoms with Gasteiger partial charge < -0.3 is 9.64 Å². The minimum atomic E-state index is -0.455. The zero-order valence-electron chi connectivity index (χ0n) is 13.6. The number of fused-ring (bicyclic) bond motifs is 1. The lowest BCUT2D eigenvalue weighted by molar-refractivity contribution is 0.0203. The van der Waals surface area contributed by atoms with Crippen LogP contribution in [0.4, 0.5) is 4.79 Å². The first-order valence-electron chi connectivity index (χ1n) is 7.81. The van der Waals surface area contributed by atoms with Crippen molar-refractivity contribution in [2.45, 2.75) is 45.1 Å². The van der Waals surface area contributed by atoms with Gasteiger partial charge >= 0.3 is 6.09 Å². The quantitative estimate of drug-likeness (QED) is 0.757.